The van der Waals surface area contributed by atoms with Crippen LogP contribution in [0.15, 0.2) is 48.5 Å². The summed E-state index contributed by atoms with van der Waals surface area (Å²) in [6, 6.07) is 15.5. The van der Waals surface area contributed by atoms with Crippen molar-refractivity contribution in [3.8, 4) is 5.75 Å². The SMILES string of the molecule is COc1ccccc1CN1C(=O)c2nc3ccccc3n2C[C@@]1(C)C(=O)NC1CCCC1. The van der Waals surface area contributed by atoms with E-state index in [0.29, 0.717) is 18.1 Å². The smallest absolute Gasteiger partial charge is 0.291 e. The second-order valence-corrected chi connectivity index (χ2v) is 8.94. The van der Waals surface area contributed by atoms with Gasteiger partial charge in [-0.1, -0.05) is 43.2 Å². The van der Waals surface area contributed by atoms with Gasteiger partial charge in [-0.25, -0.2) is 4.98 Å². The van der Waals surface area contributed by atoms with Crippen LogP contribution in [0, 0.1) is 0 Å². The molecule has 7 nitrogen and oxygen atoms in total. The van der Waals surface area contributed by atoms with Crippen LogP contribution in [0.2, 0.25) is 0 Å². The van der Waals surface area contributed by atoms with Crippen molar-refractivity contribution < 1.29 is 14.3 Å². The van der Waals surface area contributed by atoms with Crippen molar-refractivity contribution >= 4 is 22.8 Å². The highest BCUT2D eigenvalue weighted by atomic mass is 16.5. The van der Waals surface area contributed by atoms with E-state index < -0.39 is 5.54 Å². The van der Waals surface area contributed by atoms with Crippen LogP contribution in [0.1, 0.15) is 48.8 Å². The number of rotatable bonds is 5. The van der Waals surface area contributed by atoms with Crippen molar-refractivity contribution in [1.29, 1.82) is 0 Å². The molecular formula is C25H28N4O3. The number of fused-ring (bicyclic) bond motifs is 3. The minimum absolute atomic E-state index is 0.115. The minimum Gasteiger partial charge on any atom is -0.496 e. The molecule has 32 heavy (non-hydrogen) atoms. The monoisotopic (exact) mass is 432 g/mol. The van der Waals surface area contributed by atoms with Gasteiger partial charge in [-0.3, -0.25) is 9.59 Å². The fourth-order valence-corrected chi connectivity index (χ4v) is 4.99. The Labute approximate surface area is 187 Å². The number of methoxy groups -OCH3 is 1. The zero-order chi connectivity index (χ0) is 22.3. The van der Waals surface area contributed by atoms with Gasteiger partial charge in [-0.15, -0.1) is 0 Å². The topological polar surface area (TPSA) is 76.5 Å². The van der Waals surface area contributed by atoms with Crippen LogP contribution in [0.3, 0.4) is 0 Å². The van der Waals surface area contributed by atoms with Crippen LogP contribution >= 0.6 is 0 Å². The summed E-state index contributed by atoms with van der Waals surface area (Å²) >= 11 is 0. The van der Waals surface area contributed by atoms with Crippen molar-refractivity contribution in [2.75, 3.05) is 7.11 Å². The lowest BCUT2D eigenvalue weighted by atomic mass is 9.93. The molecule has 2 aromatic carbocycles. The van der Waals surface area contributed by atoms with Gasteiger partial charge < -0.3 is 19.5 Å². The number of aromatic nitrogens is 2. The Morgan fingerprint density at radius 3 is 2.66 bits per heavy atom. The number of nitrogens with one attached hydrogen (secondary N) is 1. The Hall–Kier alpha value is -3.35. The van der Waals surface area contributed by atoms with Crippen LogP contribution in [-0.2, 0) is 17.9 Å². The van der Waals surface area contributed by atoms with Gasteiger partial charge in [-0.2, -0.15) is 0 Å². The summed E-state index contributed by atoms with van der Waals surface area (Å²) in [5.74, 6) is 0.698. The Morgan fingerprint density at radius 1 is 1.16 bits per heavy atom. The van der Waals surface area contributed by atoms with Crippen LogP contribution in [0.25, 0.3) is 11.0 Å². The third-order valence-electron chi connectivity index (χ3n) is 6.85. The highest BCUT2D eigenvalue weighted by Gasteiger charge is 2.49. The molecule has 1 aliphatic carbocycles. The normalized spacial score (nSPS) is 21.1. The number of hydrogen-bond acceptors (Lipinski definition) is 4. The van der Waals surface area contributed by atoms with Gasteiger partial charge >= 0.3 is 0 Å². The van der Waals surface area contributed by atoms with Gasteiger partial charge in [0.05, 0.1) is 31.2 Å². The summed E-state index contributed by atoms with van der Waals surface area (Å²) in [4.78, 5) is 33.7. The number of carbonyl (C=O) groups excluding carboxylic acids is 2. The van der Waals surface area contributed by atoms with Gasteiger partial charge in [0.25, 0.3) is 5.91 Å². The maximum absolute atomic E-state index is 13.8. The Morgan fingerprint density at radius 2 is 1.88 bits per heavy atom. The molecule has 5 rings (SSSR count). The van der Waals surface area contributed by atoms with Crippen LogP contribution in [-0.4, -0.2) is 45.0 Å². The van der Waals surface area contributed by atoms with Gasteiger partial charge in [0.15, 0.2) is 5.82 Å². The molecule has 0 radical (unpaired) electrons. The number of para-hydroxylation sites is 3. The van der Waals surface area contributed by atoms with Gasteiger partial charge in [0.2, 0.25) is 5.91 Å². The molecule has 1 N–H and O–H groups in total. The first-order valence-corrected chi connectivity index (χ1v) is 11.2. The molecule has 0 spiro atoms. The lowest BCUT2D eigenvalue weighted by Gasteiger charge is -2.44. The fraction of sp³-hybridized carbons (Fsp3) is 0.400. The lowest BCUT2D eigenvalue weighted by molar-refractivity contribution is -0.133. The maximum atomic E-state index is 13.8. The van der Waals surface area contributed by atoms with E-state index in [2.05, 4.69) is 10.3 Å². The molecule has 166 valence electrons. The predicted molar refractivity (Wildman–Crippen MR) is 121 cm³/mol. The zero-order valence-corrected chi connectivity index (χ0v) is 18.5. The van der Waals surface area contributed by atoms with Crippen molar-refractivity contribution in [2.24, 2.45) is 0 Å². The number of nitrogens with zero attached hydrogens (tertiary/aromatic N) is 3. The highest BCUT2D eigenvalue weighted by molar-refractivity contribution is 6.01. The Kier molecular flexibility index (Phi) is 5.12. The first kappa shape index (κ1) is 20.5. The average Bonchev–Trinajstić information content (AvgIpc) is 3.45. The number of carbonyl (C=O) groups is 2. The fourth-order valence-electron chi connectivity index (χ4n) is 4.99. The summed E-state index contributed by atoms with van der Waals surface area (Å²) < 4.78 is 7.41. The molecule has 7 heteroatoms. The van der Waals surface area contributed by atoms with E-state index in [1.807, 2.05) is 60.0 Å². The van der Waals surface area contributed by atoms with Crippen molar-refractivity contribution in [1.82, 2.24) is 19.8 Å². The summed E-state index contributed by atoms with van der Waals surface area (Å²) in [6.07, 6.45) is 4.23. The number of benzene rings is 2. The molecule has 0 saturated heterocycles. The molecule has 1 atom stereocenters. The molecule has 3 aromatic rings. The Bertz CT molecular complexity index is 1180. The second-order valence-electron chi connectivity index (χ2n) is 8.94. The van der Waals surface area contributed by atoms with Gasteiger partial charge in [0.1, 0.15) is 11.3 Å². The van der Waals surface area contributed by atoms with E-state index in [0.717, 1.165) is 42.3 Å². The highest BCUT2D eigenvalue weighted by Crippen LogP contribution is 2.34. The number of hydrogen-bond donors (Lipinski definition) is 1. The largest absolute Gasteiger partial charge is 0.496 e. The first-order valence-electron chi connectivity index (χ1n) is 11.2. The predicted octanol–water partition coefficient (Wildman–Crippen LogP) is 3.52. The first-order chi connectivity index (χ1) is 15.5. The summed E-state index contributed by atoms with van der Waals surface area (Å²) in [7, 11) is 1.61. The Balaban J connectivity index is 1.58. The van der Waals surface area contributed by atoms with E-state index in [1.165, 1.54) is 0 Å². The van der Waals surface area contributed by atoms with Crippen molar-refractivity contribution in [2.45, 2.75) is 57.3 Å². The third kappa shape index (κ3) is 3.32. The second kappa shape index (κ2) is 7.97. The van der Waals surface area contributed by atoms with Crippen LogP contribution in [0.4, 0.5) is 0 Å². The van der Waals surface area contributed by atoms with E-state index in [4.69, 9.17) is 4.74 Å². The van der Waals surface area contributed by atoms with Crippen LogP contribution in [0.5, 0.6) is 5.75 Å². The van der Waals surface area contributed by atoms with Crippen LogP contribution < -0.4 is 10.1 Å². The van der Waals surface area contributed by atoms with Crippen molar-refractivity contribution in [3.05, 3.63) is 59.9 Å². The molecule has 0 unspecified atom stereocenters. The zero-order valence-electron chi connectivity index (χ0n) is 18.5. The maximum Gasteiger partial charge on any atom is 0.291 e. The number of ether oxygens (including phenoxy) is 1. The van der Waals surface area contributed by atoms with E-state index >= 15 is 0 Å². The molecule has 1 aliphatic heterocycles. The molecule has 1 fully saturated rings. The lowest BCUT2D eigenvalue weighted by Crippen LogP contribution is -2.64. The quantitative estimate of drug-likeness (QED) is 0.669. The van der Waals surface area contributed by atoms with E-state index in [9.17, 15) is 9.59 Å². The molecule has 1 saturated carbocycles. The average molecular weight is 433 g/mol. The summed E-state index contributed by atoms with van der Waals surface area (Å²) in [5.41, 5.74) is 1.42. The van der Waals surface area contributed by atoms with Gasteiger partial charge in [-0.05, 0) is 38.0 Å². The van der Waals surface area contributed by atoms with E-state index in [1.54, 1.807) is 12.0 Å². The molecule has 1 aromatic heterocycles. The van der Waals surface area contributed by atoms with Gasteiger partial charge in [0, 0.05) is 11.6 Å². The molecule has 2 amide bonds. The summed E-state index contributed by atoms with van der Waals surface area (Å²) in [5, 5.41) is 3.23. The minimum atomic E-state index is -1.06. The third-order valence-corrected chi connectivity index (χ3v) is 6.85. The van der Waals surface area contributed by atoms with E-state index in [-0.39, 0.29) is 24.4 Å². The summed E-state index contributed by atoms with van der Waals surface area (Å²) in [6.45, 7) is 2.48. The molecule has 2 heterocycles. The molecule has 0 bridgehead atoms. The van der Waals surface area contributed by atoms with Crippen molar-refractivity contribution in [3.63, 3.8) is 0 Å². The number of imidazole rings is 1. The molecular weight excluding hydrogens is 404 g/mol. The number of amides is 2. The molecule has 2 aliphatic rings. The standard InChI is InChI=1S/C25H28N4O3/c1-25(24(31)26-18-10-4-5-11-18)16-28-20-13-7-6-12-19(20)27-22(28)23(30)29(25)15-17-9-3-8-14-21(17)32-2/h3,6-9,12-14,18H,4-5,10-11,15-16H2,1-2H3,(H,26,31)/t25-/m0/s1.